The van der Waals surface area contributed by atoms with Gasteiger partial charge in [-0.1, -0.05) is 13.8 Å². The SMILES string of the molecule is CC.COc1cc(O)cc(OC)c1O. The zero-order valence-electron chi connectivity index (χ0n) is 8.87. The topological polar surface area (TPSA) is 58.9 Å². The van der Waals surface area contributed by atoms with Gasteiger partial charge in [0.15, 0.2) is 11.5 Å². The van der Waals surface area contributed by atoms with Crippen LogP contribution in [0.15, 0.2) is 12.1 Å². The smallest absolute Gasteiger partial charge is 0.201 e. The van der Waals surface area contributed by atoms with E-state index >= 15 is 0 Å². The van der Waals surface area contributed by atoms with E-state index < -0.39 is 0 Å². The number of rotatable bonds is 2. The first-order valence-corrected chi connectivity index (χ1v) is 4.33. The van der Waals surface area contributed by atoms with Crippen LogP contribution in [-0.2, 0) is 0 Å². The minimum absolute atomic E-state index is 0.0125. The maximum Gasteiger partial charge on any atom is 0.201 e. The van der Waals surface area contributed by atoms with Gasteiger partial charge in [-0.3, -0.25) is 0 Å². The summed E-state index contributed by atoms with van der Waals surface area (Å²) in [6.45, 7) is 4.00. The van der Waals surface area contributed by atoms with Crippen molar-refractivity contribution in [2.75, 3.05) is 14.2 Å². The molecule has 1 rings (SSSR count). The van der Waals surface area contributed by atoms with Crippen LogP contribution in [0.25, 0.3) is 0 Å². The fourth-order valence-electron chi connectivity index (χ4n) is 0.880. The van der Waals surface area contributed by atoms with Crippen LogP contribution >= 0.6 is 0 Å². The zero-order chi connectivity index (χ0) is 11.1. The Labute approximate surface area is 83.7 Å². The van der Waals surface area contributed by atoms with Crippen LogP contribution in [-0.4, -0.2) is 24.4 Å². The molecule has 0 amide bonds. The highest BCUT2D eigenvalue weighted by Gasteiger charge is 2.09. The Hall–Kier alpha value is -1.58. The van der Waals surface area contributed by atoms with Crippen molar-refractivity contribution in [2.24, 2.45) is 0 Å². The summed E-state index contributed by atoms with van der Waals surface area (Å²) in [5.41, 5.74) is 0. The number of phenols is 2. The second-order valence-corrected chi connectivity index (χ2v) is 2.20. The van der Waals surface area contributed by atoms with Gasteiger partial charge < -0.3 is 19.7 Å². The highest BCUT2D eigenvalue weighted by atomic mass is 16.5. The molecular formula is C10H16O4. The third-order valence-electron chi connectivity index (χ3n) is 1.46. The van der Waals surface area contributed by atoms with Crippen LogP contribution in [0.4, 0.5) is 0 Å². The van der Waals surface area contributed by atoms with Gasteiger partial charge in [0.05, 0.1) is 14.2 Å². The molecule has 0 saturated heterocycles. The van der Waals surface area contributed by atoms with E-state index in [1.165, 1.54) is 26.4 Å². The lowest BCUT2D eigenvalue weighted by Gasteiger charge is -2.07. The van der Waals surface area contributed by atoms with Crippen molar-refractivity contribution in [2.45, 2.75) is 13.8 Å². The number of ether oxygens (including phenoxy) is 2. The van der Waals surface area contributed by atoms with Crippen molar-refractivity contribution in [1.29, 1.82) is 0 Å². The molecule has 0 radical (unpaired) electrons. The van der Waals surface area contributed by atoms with Gasteiger partial charge in [-0.05, 0) is 0 Å². The number of methoxy groups -OCH3 is 2. The molecule has 0 aliphatic rings. The van der Waals surface area contributed by atoms with Crippen LogP contribution in [0, 0.1) is 0 Å². The van der Waals surface area contributed by atoms with Gasteiger partial charge in [0.25, 0.3) is 0 Å². The summed E-state index contributed by atoms with van der Waals surface area (Å²) in [7, 11) is 2.79. The van der Waals surface area contributed by atoms with Crippen LogP contribution in [0.1, 0.15) is 13.8 Å². The second kappa shape index (κ2) is 5.96. The van der Waals surface area contributed by atoms with Gasteiger partial charge in [-0.2, -0.15) is 0 Å². The summed E-state index contributed by atoms with van der Waals surface area (Å²) >= 11 is 0. The van der Waals surface area contributed by atoms with Crippen molar-refractivity contribution < 1.29 is 19.7 Å². The first kappa shape index (κ1) is 12.4. The average Bonchev–Trinajstić information content (AvgIpc) is 2.23. The molecule has 1 aromatic rings. The van der Waals surface area contributed by atoms with Gasteiger partial charge in [-0.25, -0.2) is 0 Å². The van der Waals surface area contributed by atoms with Crippen LogP contribution in [0.5, 0.6) is 23.0 Å². The van der Waals surface area contributed by atoms with Crippen molar-refractivity contribution in [3.05, 3.63) is 12.1 Å². The molecule has 4 nitrogen and oxygen atoms in total. The van der Waals surface area contributed by atoms with Crippen LogP contribution in [0.3, 0.4) is 0 Å². The predicted octanol–water partition coefficient (Wildman–Crippen LogP) is 2.14. The molecule has 80 valence electrons. The molecular weight excluding hydrogens is 184 g/mol. The van der Waals surface area contributed by atoms with E-state index in [9.17, 15) is 5.11 Å². The quantitative estimate of drug-likeness (QED) is 0.718. The van der Waals surface area contributed by atoms with Crippen molar-refractivity contribution in [1.82, 2.24) is 0 Å². The Bertz CT molecular complexity index is 258. The molecule has 14 heavy (non-hydrogen) atoms. The van der Waals surface area contributed by atoms with Crippen molar-refractivity contribution in [3.63, 3.8) is 0 Å². The Morgan fingerprint density at radius 2 is 1.29 bits per heavy atom. The minimum atomic E-state index is -0.113. The summed E-state index contributed by atoms with van der Waals surface area (Å²) in [5.74, 6) is 0.248. The molecule has 4 heteroatoms. The summed E-state index contributed by atoms with van der Waals surface area (Å²) in [4.78, 5) is 0. The van der Waals surface area contributed by atoms with E-state index in [0.717, 1.165) is 0 Å². The second-order valence-electron chi connectivity index (χ2n) is 2.20. The molecule has 0 aliphatic heterocycles. The van der Waals surface area contributed by atoms with E-state index in [0.29, 0.717) is 0 Å². The Balaban J connectivity index is 0.000000791. The zero-order valence-corrected chi connectivity index (χ0v) is 8.87. The Morgan fingerprint density at radius 1 is 0.929 bits per heavy atom. The minimum Gasteiger partial charge on any atom is -0.508 e. The summed E-state index contributed by atoms with van der Waals surface area (Å²) in [6, 6.07) is 2.61. The average molecular weight is 200 g/mol. The van der Waals surface area contributed by atoms with Crippen molar-refractivity contribution in [3.8, 4) is 23.0 Å². The number of phenolic OH excluding ortho intramolecular Hbond substituents is 2. The molecule has 0 fully saturated rings. The molecule has 1 aromatic carbocycles. The normalized spacial score (nSPS) is 8.57. The first-order valence-electron chi connectivity index (χ1n) is 4.33. The van der Waals surface area contributed by atoms with E-state index in [4.69, 9.17) is 14.6 Å². The number of aromatic hydroxyl groups is 2. The number of hydrogen-bond acceptors (Lipinski definition) is 4. The molecule has 0 atom stereocenters. The fourth-order valence-corrected chi connectivity index (χ4v) is 0.880. The first-order chi connectivity index (χ1) is 6.69. The van der Waals surface area contributed by atoms with E-state index in [1.54, 1.807) is 0 Å². The molecule has 0 saturated carbocycles. The molecule has 0 bridgehead atoms. The van der Waals surface area contributed by atoms with Crippen molar-refractivity contribution >= 4 is 0 Å². The molecule has 2 N–H and O–H groups in total. The third kappa shape index (κ3) is 2.73. The van der Waals surface area contributed by atoms with Gasteiger partial charge in [0.1, 0.15) is 5.75 Å². The standard InChI is InChI=1S/C8H10O4.C2H6/c1-11-6-3-5(9)4-7(12-2)8(6)10;1-2/h3-4,9-10H,1-2H3;1-2H3. The van der Waals surface area contributed by atoms with E-state index in [2.05, 4.69) is 0 Å². The Kier molecular flexibility index (Phi) is 5.29. The summed E-state index contributed by atoms with van der Waals surface area (Å²) < 4.78 is 9.56. The maximum absolute atomic E-state index is 9.35. The lowest BCUT2D eigenvalue weighted by molar-refractivity contribution is 0.334. The van der Waals surface area contributed by atoms with Gasteiger partial charge in [-0.15, -0.1) is 0 Å². The van der Waals surface area contributed by atoms with Gasteiger partial charge in [0.2, 0.25) is 5.75 Å². The largest absolute Gasteiger partial charge is 0.508 e. The number of benzene rings is 1. The highest BCUT2D eigenvalue weighted by molar-refractivity contribution is 5.54. The van der Waals surface area contributed by atoms with Gasteiger partial charge in [0, 0.05) is 12.1 Å². The molecule has 0 aromatic heterocycles. The van der Waals surface area contributed by atoms with E-state index in [-0.39, 0.29) is 23.0 Å². The predicted molar refractivity (Wildman–Crippen MR) is 54.2 cm³/mol. The van der Waals surface area contributed by atoms with E-state index in [1.807, 2.05) is 13.8 Å². The molecule has 0 unspecified atom stereocenters. The van der Waals surface area contributed by atoms with Crippen LogP contribution < -0.4 is 9.47 Å². The lowest BCUT2D eigenvalue weighted by atomic mass is 10.3. The molecule has 0 heterocycles. The monoisotopic (exact) mass is 200 g/mol. The Morgan fingerprint density at radius 3 is 1.57 bits per heavy atom. The fraction of sp³-hybridized carbons (Fsp3) is 0.400. The lowest BCUT2D eigenvalue weighted by Crippen LogP contribution is -1.88. The summed E-state index contributed by atoms with van der Waals surface area (Å²) in [5, 5.41) is 18.5. The molecule has 0 spiro atoms. The maximum atomic E-state index is 9.35. The number of hydrogen-bond donors (Lipinski definition) is 2. The van der Waals surface area contributed by atoms with Crippen LogP contribution in [0.2, 0.25) is 0 Å². The third-order valence-corrected chi connectivity index (χ3v) is 1.46. The summed E-state index contributed by atoms with van der Waals surface area (Å²) in [6.07, 6.45) is 0. The van der Waals surface area contributed by atoms with Gasteiger partial charge >= 0.3 is 0 Å². The highest BCUT2D eigenvalue weighted by Crippen LogP contribution is 2.39. The molecule has 0 aliphatic carbocycles.